The zero-order chi connectivity index (χ0) is 18.7. The van der Waals surface area contributed by atoms with Crippen molar-refractivity contribution in [2.45, 2.75) is 26.9 Å². The summed E-state index contributed by atoms with van der Waals surface area (Å²) in [6.45, 7) is 5.87. The topological polar surface area (TPSA) is 79.0 Å². The van der Waals surface area contributed by atoms with Crippen molar-refractivity contribution >= 4 is 23.4 Å². The van der Waals surface area contributed by atoms with Crippen LogP contribution in [0.1, 0.15) is 31.1 Å². The maximum Gasteiger partial charge on any atom is 0.257 e. The summed E-state index contributed by atoms with van der Waals surface area (Å²) in [6, 6.07) is 5.01. The molecule has 0 bridgehead atoms. The highest BCUT2D eigenvalue weighted by Gasteiger charge is 2.30. The lowest BCUT2D eigenvalue weighted by Gasteiger charge is -2.34. The highest BCUT2D eigenvalue weighted by Crippen LogP contribution is 2.29. The molecule has 0 radical (unpaired) electrons. The van der Waals surface area contributed by atoms with Crippen LogP contribution in [0.15, 0.2) is 18.2 Å². The predicted molar refractivity (Wildman–Crippen MR) is 94.6 cm³/mol. The van der Waals surface area contributed by atoms with Crippen LogP contribution in [-0.4, -0.2) is 60.8 Å². The number of ether oxygens (including phenoxy) is 1. The molecule has 0 fully saturated rings. The molecule has 136 valence electrons. The minimum atomic E-state index is -0.241. The number of hydrogen-bond acceptors (Lipinski definition) is 4. The van der Waals surface area contributed by atoms with Gasteiger partial charge in [-0.25, -0.2) is 0 Å². The van der Waals surface area contributed by atoms with Crippen LogP contribution in [0.5, 0.6) is 5.75 Å². The van der Waals surface area contributed by atoms with E-state index < -0.39 is 0 Å². The van der Waals surface area contributed by atoms with Gasteiger partial charge in [-0.2, -0.15) is 0 Å². The average Bonchev–Trinajstić information content (AvgIpc) is 2.53. The molecule has 1 aromatic rings. The number of nitrogens with zero attached hydrogens (tertiary/aromatic N) is 2. The summed E-state index contributed by atoms with van der Waals surface area (Å²) < 4.78 is 6.09. The number of amides is 3. The number of fused-ring (bicyclic) bond motifs is 1. The van der Waals surface area contributed by atoms with Crippen LogP contribution >= 0.6 is 0 Å². The summed E-state index contributed by atoms with van der Waals surface area (Å²) in [5.74, 6) is 0.108. The molecule has 0 saturated carbocycles. The third-order valence-electron chi connectivity index (χ3n) is 4.34. The molecule has 7 heteroatoms. The van der Waals surface area contributed by atoms with Crippen LogP contribution in [0.2, 0.25) is 0 Å². The van der Waals surface area contributed by atoms with Gasteiger partial charge in [0.15, 0.2) is 0 Å². The Labute approximate surface area is 147 Å². The molecule has 1 aliphatic heterocycles. The second kappa shape index (κ2) is 7.55. The highest BCUT2D eigenvalue weighted by atomic mass is 16.5. The van der Waals surface area contributed by atoms with Crippen LogP contribution in [-0.2, 0) is 9.59 Å². The molecule has 1 aliphatic rings. The first-order valence-electron chi connectivity index (χ1n) is 8.24. The first-order valence-corrected chi connectivity index (χ1v) is 8.24. The van der Waals surface area contributed by atoms with Gasteiger partial charge in [-0.1, -0.05) is 6.92 Å². The summed E-state index contributed by atoms with van der Waals surface area (Å²) in [6.07, 6.45) is -0.241. The maximum atomic E-state index is 12.7. The van der Waals surface area contributed by atoms with Crippen molar-refractivity contribution in [3.05, 3.63) is 23.8 Å². The molecule has 25 heavy (non-hydrogen) atoms. The fraction of sp³-hybridized carbons (Fsp3) is 0.500. The summed E-state index contributed by atoms with van der Waals surface area (Å²) in [4.78, 5) is 38.7. The number of nitrogens with one attached hydrogen (secondary N) is 1. The Morgan fingerprint density at radius 3 is 2.64 bits per heavy atom. The van der Waals surface area contributed by atoms with Crippen LogP contribution in [0.3, 0.4) is 0 Å². The molecule has 0 saturated heterocycles. The fourth-order valence-electron chi connectivity index (χ4n) is 2.81. The van der Waals surface area contributed by atoms with Gasteiger partial charge in [-0.3, -0.25) is 14.4 Å². The Hall–Kier alpha value is -2.57. The van der Waals surface area contributed by atoms with Gasteiger partial charge in [0.1, 0.15) is 11.9 Å². The quantitative estimate of drug-likeness (QED) is 0.901. The molecule has 2 rings (SSSR count). The van der Waals surface area contributed by atoms with Crippen LogP contribution in [0.4, 0.5) is 5.69 Å². The van der Waals surface area contributed by atoms with Crippen molar-refractivity contribution in [2.75, 3.05) is 32.5 Å². The molecule has 0 unspecified atom stereocenters. The molecule has 1 N–H and O–H groups in total. The number of likely N-dealkylation sites (N-methyl/N-ethyl adjacent to an activating group) is 1. The molecule has 3 amide bonds. The molecule has 1 aromatic carbocycles. The van der Waals surface area contributed by atoms with Gasteiger partial charge in [0.2, 0.25) is 11.8 Å². The van der Waals surface area contributed by atoms with Gasteiger partial charge >= 0.3 is 0 Å². The molecule has 0 aliphatic carbocycles. The van der Waals surface area contributed by atoms with Crippen LogP contribution in [0.25, 0.3) is 0 Å². The number of benzene rings is 1. The normalized spacial score (nSPS) is 20.0. The average molecular weight is 347 g/mol. The smallest absolute Gasteiger partial charge is 0.257 e. The van der Waals surface area contributed by atoms with Crippen LogP contribution < -0.4 is 10.1 Å². The van der Waals surface area contributed by atoms with E-state index in [2.05, 4.69) is 5.32 Å². The van der Waals surface area contributed by atoms with E-state index in [0.717, 1.165) is 0 Å². The second-order valence-corrected chi connectivity index (χ2v) is 6.61. The van der Waals surface area contributed by atoms with E-state index in [1.54, 1.807) is 42.1 Å². The standard InChI is InChI=1S/C18H25N3O4/c1-11-9-21(5)18(24)15-8-14(19-12(2)22)6-7-16(15)25-17(11)10-20(4)13(3)23/h6-8,11,17H,9-10H2,1-5H3,(H,19,22)/t11-,17-/m0/s1. The van der Waals surface area contributed by atoms with E-state index in [4.69, 9.17) is 4.74 Å². The summed E-state index contributed by atoms with van der Waals surface area (Å²) in [5.41, 5.74) is 0.943. The SMILES string of the molecule is CC(=O)Nc1ccc2c(c1)C(=O)N(C)C[C@H](C)[C@H](CN(C)C(C)=O)O2. The van der Waals surface area contributed by atoms with Crippen molar-refractivity contribution in [3.8, 4) is 5.75 Å². The Balaban J connectivity index is 2.37. The largest absolute Gasteiger partial charge is 0.487 e. The third kappa shape index (κ3) is 4.49. The molecule has 7 nitrogen and oxygen atoms in total. The van der Waals surface area contributed by atoms with E-state index in [0.29, 0.717) is 30.1 Å². The van der Waals surface area contributed by atoms with Crippen LogP contribution in [0, 0.1) is 5.92 Å². The fourth-order valence-corrected chi connectivity index (χ4v) is 2.81. The predicted octanol–water partition coefficient (Wildman–Crippen LogP) is 1.59. The third-order valence-corrected chi connectivity index (χ3v) is 4.34. The Morgan fingerprint density at radius 1 is 1.36 bits per heavy atom. The molecule has 2 atom stereocenters. The Bertz CT molecular complexity index is 689. The van der Waals surface area contributed by atoms with Crippen molar-refractivity contribution in [1.82, 2.24) is 9.80 Å². The van der Waals surface area contributed by atoms with Gasteiger partial charge in [-0.05, 0) is 18.2 Å². The highest BCUT2D eigenvalue weighted by molar-refractivity contribution is 5.99. The van der Waals surface area contributed by atoms with E-state index >= 15 is 0 Å². The molecular weight excluding hydrogens is 322 g/mol. The Kier molecular flexibility index (Phi) is 5.66. The number of anilines is 1. The van der Waals surface area contributed by atoms with E-state index in [1.807, 2.05) is 6.92 Å². The van der Waals surface area contributed by atoms with Crippen molar-refractivity contribution in [2.24, 2.45) is 5.92 Å². The zero-order valence-corrected chi connectivity index (χ0v) is 15.3. The van der Waals surface area contributed by atoms with Gasteiger partial charge in [0.05, 0.1) is 12.1 Å². The van der Waals surface area contributed by atoms with Gasteiger partial charge in [0.25, 0.3) is 5.91 Å². The molecule has 0 aromatic heterocycles. The zero-order valence-electron chi connectivity index (χ0n) is 15.3. The monoisotopic (exact) mass is 347 g/mol. The van der Waals surface area contributed by atoms with Crippen molar-refractivity contribution < 1.29 is 19.1 Å². The number of rotatable bonds is 3. The minimum Gasteiger partial charge on any atom is -0.487 e. The van der Waals surface area contributed by atoms with Gasteiger partial charge in [-0.15, -0.1) is 0 Å². The molecular formula is C18H25N3O4. The van der Waals surface area contributed by atoms with E-state index in [9.17, 15) is 14.4 Å². The maximum absolute atomic E-state index is 12.7. The number of carbonyl (C=O) groups excluding carboxylic acids is 3. The molecule has 1 heterocycles. The molecule has 0 spiro atoms. The number of hydrogen-bond donors (Lipinski definition) is 1. The first kappa shape index (κ1) is 18.8. The van der Waals surface area contributed by atoms with Crippen molar-refractivity contribution in [1.29, 1.82) is 0 Å². The van der Waals surface area contributed by atoms with Gasteiger partial charge < -0.3 is 19.9 Å². The lowest BCUT2D eigenvalue weighted by Crippen LogP contribution is -2.45. The summed E-state index contributed by atoms with van der Waals surface area (Å²) in [5, 5.41) is 2.68. The van der Waals surface area contributed by atoms with Crippen molar-refractivity contribution in [3.63, 3.8) is 0 Å². The second-order valence-electron chi connectivity index (χ2n) is 6.61. The Morgan fingerprint density at radius 2 is 2.04 bits per heavy atom. The van der Waals surface area contributed by atoms with E-state index in [1.165, 1.54) is 13.8 Å². The minimum absolute atomic E-state index is 0.0384. The summed E-state index contributed by atoms with van der Waals surface area (Å²) in [7, 11) is 3.47. The number of carbonyl (C=O) groups is 3. The van der Waals surface area contributed by atoms with E-state index in [-0.39, 0.29) is 29.7 Å². The summed E-state index contributed by atoms with van der Waals surface area (Å²) >= 11 is 0. The lowest BCUT2D eigenvalue weighted by molar-refractivity contribution is -0.129. The first-order chi connectivity index (χ1) is 11.7. The van der Waals surface area contributed by atoms with Gasteiger partial charge in [0, 0.05) is 46.1 Å². The lowest BCUT2D eigenvalue weighted by atomic mass is 10.0.